The number of aromatic hydroxyl groups is 1. The molecular weight excluding hydrogens is 448 g/mol. The lowest BCUT2D eigenvalue weighted by Gasteiger charge is -2.46. The Balaban J connectivity index is 2.38. The molecule has 0 bridgehead atoms. The van der Waals surface area contributed by atoms with Crippen molar-refractivity contribution < 1.29 is 19.8 Å². The zero-order chi connectivity index (χ0) is 26.3. The molecule has 1 unspecified atom stereocenters. The van der Waals surface area contributed by atoms with Crippen LogP contribution >= 0.6 is 11.8 Å². The normalized spacial score (nSPS) is 19.5. The Morgan fingerprint density at radius 3 is 1.85 bits per heavy atom. The number of thioether (sulfide) groups is 1. The molecule has 1 aliphatic rings. The third kappa shape index (κ3) is 7.64. The van der Waals surface area contributed by atoms with Gasteiger partial charge in [-0.15, -0.1) is 11.8 Å². The second-order valence-corrected chi connectivity index (χ2v) is 14.4. The fraction of sp³-hybridized carbons (Fsp3) is 0.704. The second-order valence-electron chi connectivity index (χ2n) is 13.1. The average Bonchev–Trinajstić information content (AvgIpc) is 2.57. The van der Waals surface area contributed by atoms with Crippen LogP contribution in [0.15, 0.2) is 17.0 Å². The maximum Gasteiger partial charge on any atom is 0.305 e. The van der Waals surface area contributed by atoms with Crippen molar-refractivity contribution in [1.82, 2.24) is 10.6 Å². The number of phenols is 1. The molecule has 1 saturated heterocycles. The van der Waals surface area contributed by atoms with E-state index in [9.17, 15) is 19.8 Å². The molecule has 1 fully saturated rings. The van der Waals surface area contributed by atoms with E-state index in [-0.39, 0.29) is 46.0 Å². The first-order valence-corrected chi connectivity index (χ1v) is 12.9. The predicted molar refractivity (Wildman–Crippen MR) is 140 cm³/mol. The first-order chi connectivity index (χ1) is 15.2. The van der Waals surface area contributed by atoms with Gasteiger partial charge in [-0.05, 0) is 63.5 Å². The van der Waals surface area contributed by atoms with Crippen LogP contribution < -0.4 is 10.6 Å². The first kappa shape index (κ1) is 28.5. The lowest BCUT2D eigenvalue weighted by molar-refractivity contribution is -0.138. The quantitative estimate of drug-likeness (QED) is 0.400. The van der Waals surface area contributed by atoms with Gasteiger partial charge in [-0.25, -0.2) is 0 Å². The highest BCUT2D eigenvalue weighted by atomic mass is 32.2. The number of hydrogen-bond acceptors (Lipinski definition) is 5. The summed E-state index contributed by atoms with van der Waals surface area (Å²) < 4.78 is 0. The van der Waals surface area contributed by atoms with E-state index >= 15 is 0 Å². The number of nitrogens with one attached hydrogen (secondary N) is 2. The minimum atomic E-state index is -1.01. The van der Waals surface area contributed by atoms with Crippen LogP contribution in [0.4, 0.5) is 0 Å². The van der Waals surface area contributed by atoms with Crippen molar-refractivity contribution >= 4 is 23.6 Å². The van der Waals surface area contributed by atoms with E-state index in [2.05, 4.69) is 38.3 Å². The molecule has 1 aromatic rings. The number of carboxylic acids is 1. The molecule has 6 nitrogen and oxygen atoms in total. The van der Waals surface area contributed by atoms with Crippen LogP contribution in [0.3, 0.4) is 0 Å². The van der Waals surface area contributed by atoms with Crippen LogP contribution in [0, 0.1) is 0 Å². The van der Waals surface area contributed by atoms with E-state index in [1.54, 1.807) is 0 Å². The standard InChI is InChI=1S/C27H44N2O4S/c1-24(2,3)18-11-17(12-19(22(18)32)25(4,5)6)34-20(13-21(30)31)23(33)28-16-14-26(7,8)29-27(9,10)15-16/h11-12,16,20,29,32H,13-15H2,1-10H3,(H,28,33)(H,30,31). The topological polar surface area (TPSA) is 98.7 Å². The molecule has 0 spiro atoms. The van der Waals surface area contributed by atoms with Gasteiger partial charge in [0.15, 0.2) is 0 Å². The van der Waals surface area contributed by atoms with Crippen LogP contribution in [0.5, 0.6) is 5.75 Å². The highest BCUT2D eigenvalue weighted by molar-refractivity contribution is 8.00. The molecule has 1 aromatic carbocycles. The van der Waals surface area contributed by atoms with Gasteiger partial charge in [0, 0.05) is 33.1 Å². The second kappa shape index (κ2) is 9.73. The molecule has 2 rings (SSSR count). The summed E-state index contributed by atoms with van der Waals surface area (Å²) >= 11 is 1.26. The lowest BCUT2D eigenvalue weighted by atomic mass is 9.79. The summed E-state index contributed by atoms with van der Waals surface area (Å²) in [6, 6.07) is 3.76. The van der Waals surface area contributed by atoms with Gasteiger partial charge in [-0.2, -0.15) is 0 Å². The van der Waals surface area contributed by atoms with E-state index in [0.717, 1.165) is 28.9 Å². The molecular formula is C27H44N2O4S. The van der Waals surface area contributed by atoms with Gasteiger partial charge in [-0.1, -0.05) is 41.5 Å². The molecule has 1 heterocycles. The molecule has 192 valence electrons. The Bertz CT molecular complexity index is 875. The molecule has 7 heteroatoms. The summed E-state index contributed by atoms with van der Waals surface area (Å²) in [7, 11) is 0. The highest BCUT2D eigenvalue weighted by Gasteiger charge is 2.39. The largest absolute Gasteiger partial charge is 0.507 e. The number of phenolic OH excluding ortho intramolecular Hbond substituents is 1. The van der Waals surface area contributed by atoms with Crippen molar-refractivity contribution in [1.29, 1.82) is 0 Å². The van der Waals surface area contributed by atoms with E-state index in [1.165, 1.54) is 11.8 Å². The monoisotopic (exact) mass is 492 g/mol. The molecule has 0 saturated carbocycles. The first-order valence-electron chi connectivity index (χ1n) is 12.1. The number of carbonyl (C=O) groups excluding carboxylic acids is 1. The number of rotatable bonds is 6. The zero-order valence-electron chi connectivity index (χ0n) is 22.5. The van der Waals surface area contributed by atoms with Gasteiger partial charge in [-0.3, -0.25) is 9.59 Å². The Labute approximate surface area is 209 Å². The van der Waals surface area contributed by atoms with E-state index in [1.807, 2.05) is 53.7 Å². The van der Waals surface area contributed by atoms with Gasteiger partial charge in [0.2, 0.25) is 5.91 Å². The number of benzene rings is 1. The fourth-order valence-corrected chi connectivity index (χ4v) is 6.15. The number of aliphatic carboxylic acids is 1. The molecule has 34 heavy (non-hydrogen) atoms. The van der Waals surface area contributed by atoms with E-state index in [0.29, 0.717) is 0 Å². The van der Waals surface area contributed by atoms with Crippen molar-refractivity contribution in [3.05, 3.63) is 23.3 Å². The van der Waals surface area contributed by atoms with Gasteiger partial charge in [0.05, 0.1) is 11.7 Å². The van der Waals surface area contributed by atoms with E-state index in [4.69, 9.17) is 0 Å². The Kier molecular flexibility index (Phi) is 8.16. The maximum atomic E-state index is 13.3. The molecule has 1 atom stereocenters. The highest BCUT2D eigenvalue weighted by Crippen LogP contribution is 2.42. The van der Waals surface area contributed by atoms with Gasteiger partial charge < -0.3 is 20.8 Å². The van der Waals surface area contributed by atoms with Crippen molar-refractivity contribution in [2.75, 3.05) is 0 Å². The number of hydrogen-bond donors (Lipinski definition) is 4. The van der Waals surface area contributed by atoms with Crippen LogP contribution in [0.25, 0.3) is 0 Å². The lowest BCUT2D eigenvalue weighted by Crippen LogP contribution is -2.62. The molecule has 4 N–H and O–H groups in total. The van der Waals surface area contributed by atoms with Crippen molar-refractivity contribution in [3.63, 3.8) is 0 Å². The number of carboxylic acid groups (broad SMARTS) is 1. The summed E-state index contributed by atoms with van der Waals surface area (Å²) in [5.41, 5.74) is 0.706. The van der Waals surface area contributed by atoms with Crippen LogP contribution in [-0.2, 0) is 20.4 Å². The maximum absolute atomic E-state index is 13.3. The summed E-state index contributed by atoms with van der Waals surface area (Å²) in [5.74, 6) is -0.999. The molecule has 1 aliphatic heterocycles. The van der Waals surface area contributed by atoms with Crippen LogP contribution in [0.1, 0.15) is 99.6 Å². The Morgan fingerprint density at radius 1 is 1.03 bits per heavy atom. The predicted octanol–water partition coefficient (Wildman–Crippen LogP) is 5.35. The summed E-state index contributed by atoms with van der Waals surface area (Å²) in [6.07, 6.45) is 1.27. The average molecular weight is 493 g/mol. The summed E-state index contributed by atoms with van der Waals surface area (Å²) in [5, 5.41) is 26.5. The summed E-state index contributed by atoms with van der Waals surface area (Å²) in [6.45, 7) is 20.7. The van der Waals surface area contributed by atoms with Crippen LogP contribution in [-0.4, -0.2) is 44.5 Å². The Hall–Kier alpha value is -1.73. The SMILES string of the molecule is CC1(C)CC(NC(=O)C(CC(=O)O)Sc2cc(C(C)(C)C)c(O)c(C(C)(C)C)c2)CC(C)(C)N1. The Morgan fingerprint density at radius 2 is 1.47 bits per heavy atom. The summed E-state index contributed by atoms with van der Waals surface area (Å²) in [4.78, 5) is 25.8. The van der Waals surface area contributed by atoms with Gasteiger partial charge in [0.1, 0.15) is 5.75 Å². The smallest absolute Gasteiger partial charge is 0.305 e. The molecule has 0 aromatic heterocycles. The van der Waals surface area contributed by atoms with Crippen molar-refractivity contribution in [3.8, 4) is 5.75 Å². The van der Waals surface area contributed by atoms with E-state index < -0.39 is 11.2 Å². The number of amides is 1. The van der Waals surface area contributed by atoms with Gasteiger partial charge >= 0.3 is 5.97 Å². The zero-order valence-corrected chi connectivity index (χ0v) is 23.4. The number of piperidine rings is 1. The van der Waals surface area contributed by atoms with Gasteiger partial charge in [0.25, 0.3) is 0 Å². The third-order valence-electron chi connectivity index (χ3n) is 6.17. The molecule has 0 aliphatic carbocycles. The van der Waals surface area contributed by atoms with Crippen LogP contribution in [0.2, 0.25) is 0 Å². The van der Waals surface area contributed by atoms with Crippen molar-refractivity contribution in [2.24, 2.45) is 0 Å². The molecule has 1 amide bonds. The minimum Gasteiger partial charge on any atom is -0.507 e. The van der Waals surface area contributed by atoms with Crippen molar-refractivity contribution in [2.45, 2.75) is 127 Å². The number of carbonyl (C=O) groups is 2. The molecule has 0 radical (unpaired) electrons. The minimum absolute atomic E-state index is 0.0364. The fourth-order valence-electron chi connectivity index (χ4n) is 5.05. The third-order valence-corrected chi connectivity index (χ3v) is 7.34.